The summed E-state index contributed by atoms with van der Waals surface area (Å²) in [5.74, 6) is -0.215. The highest BCUT2D eigenvalue weighted by Gasteiger charge is 2.53. The first-order chi connectivity index (χ1) is 30.7. The molecule has 0 fully saturated rings. The lowest BCUT2D eigenvalue weighted by molar-refractivity contribution is -0.135. The molecule has 0 saturated heterocycles. The zero-order valence-electron chi connectivity index (χ0n) is 34.8. The summed E-state index contributed by atoms with van der Waals surface area (Å²) in [6.07, 6.45) is 0.0892. The Hall–Kier alpha value is -5.86. The standard InChI is InChI=1S/C45H51N3O14S/c1-2-46-42(52)30-3-8-34(9-4-30)60-41(51)13-15-54-17-19-56-21-23-58-25-26-59-24-22-57-20-18-55-16-14-47-44(63)48-31-5-10-36-35(27-31)43(53)62-45(36)37-11-6-32(49)28-39(37)61-40-29-33(50)7-12-38(40)45/h3-12,27-29,49-50H,2,13-26H2,1H3,(H,46,52)(H2,47,48,63). The maximum absolute atomic E-state index is 13.4. The number of thiocarbonyl (C=S) groups is 1. The number of anilines is 1. The topological polar surface area (TPSA) is 211 Å². The van der Waals surface area contributed by atoms with Crippen LogP contribution in [0.3, 0.4) is 0 Å². The number of phenols is 2. The van der Waals surface area contributed by atoms with E-state index in [4.69, 9.17) is 54.8 Å². The van der Waals surface area contributed by atoms with Gasteiger partial charge in [0.25, 0.3) is 5.91 Å². The predicted octanol–water partition coefficient (Wildman–Crippen LogP) is 4.80. The summed E-state index contributed by atoms with van der Waals surface area (Å²) in [4.78, 5) is 37.2. The van der Waals surface area contributed by atoms with Gasteiger partial charge in [-0.25, -0.2) is 4.79 Å². The van der Waals surface area contributed by atoms with E-state index in [1.165, 1.54) is 24.3 Å². The number of nitrogens with one attached hydrogen (secondary N) is 3. The lowest BCUT2D eigenvalue weighted by atomic mass is 9.77. The normalized spacial score (nSPS) is 13.0. The van der Waals surface area contributed by atoms with Crippen LogP contribution >= 0.6 is 12.2 Å². The molecule has 2 aliphatic heterocycles. The van der Waals surface area contributed by atoms with Gasteiger partial charge in [-0.05, 0) is 79.8 Å². The minimum absolute atomic E-state index is 0.0177. The second-order valence-electron chi connectivity index (χ2n) is 14.0. The molecule has 1 amide bonds. The number of benzene rings is 4. The predicted molar refractivity (Wildman–Crippen MR) is 232 cm³/mol. The van der Waals surface area contributed by atoms with Gasteiger partial charge in [0.1, 0.15) is 28.7 Å². The first-order valence-electron chi connectivity index (χ1n) is 20.5. The van der Waals surface area contributed by atoms with Crippen molar-refractivity contribution >= 4 is 40.9 Å². The molecule has 1 spiro atoms. The molecule has 4 aromatic carbocycles. The van der Waals surface area contributed by atoms with E-state index in [9.17, 15) is 24.6 Å². The third-order valence-corrected chi connectivity index (χ3v) is 9.81. The molecule has 17 nitrogen and oxygen atoms in total. The number of fused-ring (bicyclic) bond motifs is 6. The van der Waals surface area contributed by atoms with E-state index < -0.39 is 17.5 Å². The lowest BCUT2D eigenvalue weighted by Gasteiger charge is -2.36. The van der Waals surface area contributed by atoms with E-state index >= 15 is 0 Å². The quantitative estimate of drug-likeness (QED) is 0.0262. The molecule has 4 aromatic rings. The Bertz CT molecular complexity index is 2140. The first kappa shape index (κ1) is 46.6. The molecule has 0 aliphatic carbocycles. The lowest BCUT2D eigenvalue weighted by Crippen LogP contribution is -2.33. The summed E-state index contributed by atoms with van der Waals surface area (Å²) in [6.45, 7) is 7.38. The van der Waals surface area contributed by atoms with Crippen molar-refractivity contribution in [1.29, 1.82) is 0 Å². The van der Waals surface area contributed by atoms with Crippen molar-refractivity contribution in [2.75, 3.05) is 97.7 Å². The van der Waals surface area contributed by atoms with Crippen molar-refractivity contribution in [2.45, 2.75) is 18.9 Å². The van der Waals surface area contributed by atoms with Gasteiger partial charge in [-0.15, -0.1) is 0 Å². The molecule has 0 atom stereocenters. The molecule has 0 unspecified atom stereocenters. The molecule has 18 heteroatoms. The molecule has 0 saturated carbocycles. The highest BCUT2D eigenvalue weighted by molar-refractivity contribution is 7.80. The van der Waals surface area contributed by atoms with Crippen LogP contribution in [-0.4, -0.2) is 126 Å². The number of hydrogen-bond donors (Lipinski definition) is 5. The van der Waals surface area contributed by atoms with Gasteiger partial charge in [-0.2, -0.15) is 0 Å². The summed E-state index contributed by atoms with van der Waals surface area (Å²) < 4.78 is 50.5. The molecule has 2 heterocycles. The molecule has 5 N–H and O–H groups in total. The molecule has 63 heavy (non-hydrogen) atoms. The largest absolute Gasteiger partial charge is 0.508 e. The van der Waals surface area contributed by atoms with Gasteiger partial charge in [-0.1, -0.05) is 6.07 Å². The molecule has 2 aliphatic rings. The molecule has 0 aromatic heterocycles. The van der Waals surface area contributed by atoms with Gasteiger partial charge < -0.3 is 68.8 Å². The molecule has 336 valence electrons. The Morgan fingerprint density at radius 2 is 1.17 bits per heavy atom. The average molecular weight is 890 g/mol. The summed E-state index contributed by atoms with van der Waals surface area (Å²) in [7, 11) is 0. The molecular weight excluding hydrogens is 839 g/mol. The fourth-order valence-corrected chi connectivity index (χ4v) is 6.89. The molecule has 0 radical (unpaired) electrons. The summed E-state index contributed by atoms with van der Waals surface area (Å²) in [6, 6.07) is 20.8. The second kappa shape index (κ2) is 23.5. The van der Waals surface area contributed by atoms with Crippen LogP contribution in [0.25, 0.3) is 0 Å². The smallest absolute Gasteiger partial charge is 0.340 e. The van der Waals surface area contributed by atoms with Crippen molar-refractivity contribution in [3.8, 4) is 28.7 Å². The number of carbonyl (C=O) groups is 3. The van der Waals surface area contributed by atoms with Crippen LogP contribution in [-0.2, 0) is 43.6 Å². The van der Waals surface area contributed by atoms with E-state index in [-0.39, 0.29) is 30.4 Å². The first-order valence-corrected chi connectivity index (χ1v) is 20.9. The van der Waals surface area contributed by atoms with Crippen LogP contribution in [0.5, 0.6) is 28.7 Å². The summed E-state index contributed by atoms with van der Waals surface area (Å²) >= 11 is 5.46. The number of esters is 2. The number of phenolic OH excluding ortho intramolecular Hbond substituents is 2. The third-order valence-electron chi connectivity index (χ3n) is 9.56. The molecule has 0 bridgehead atoms. The van der Waals surface area contributed by atoms with Crippen molar-refractivity contribution < 1.29 is 67.2 Å². The Balaban J connectivity index is 0.740. The van der Waals surface area contributed by atoms with E-state index in [0.717, 1.165) is 0 Å². The SMILES string of the molecule is CCNC(=O)c1ccc(OC(=O)CCOCCOCCOCCOCCOCCOCCNC(=S)Nc2ccc3c(c2)C(=O)OC32c3ccc(O)cc3Oc3cc(O)ccc32)cc1. The Morgan fingerprint density at radius 1 is 0.651 bits per heavy atom. The number of amides is 1. The molecule has 6 rings (SSSR count). The summed E-state index contributed by atoms with van der Waals surface area (Å²) in [5.41, 5.74) is 1.74. The fraction of sp³-hybridized carbons (Fsp3) is 0.378. The Kier molecular flexibility index (Phi) is 17.4. The van der Waals surface area contributed by atoms with Crippen LogP contribution < -0.4 is 25.4 Å². The number of ether oxygens (including phenoxy) is 9. The van der Waals surface area contributed by atoms with Gasteiger partial charge in [0.05, 0.1) is 91.3 Å². The van der Waals surface area contributed by atoms with Crippen LogP contribution in [0.15, 0.2) is 78.9 Å². The van der Waals surface area contributed by atoms with Gasteiger partial charge in [0, 0.05) is 53.2 Å². The Labute approximate surface area is 369 Å². The number of hydrogen-bond acceptors (Lipinski definition) is 15. The van der Waals surface area contributed by atoms with Crippen molar-refractivity contribution in [3.05, 3.63) is 107 Å². The highest BCUT2D eigenvalue weighted by atomic mass is 32.1. The number of aromatic hydroxyl groups is 2. The maximum atomic E-state index is 13.4. The number of carbonyl (C=O) groups excluding carboxylic acids is 3. The van der Waals surface area contributed by atoms with Crippen LogP contribution in [0.2, 0.25) is 0 Å². The fourth-order valence-electron chi connectivity index (χ4n) is 6.67. The van der Waals surface area contributed by atoms with Gasteiger partial charge in [0.15, 0.2) is 10.7 Å². The van der Waals surface area contributed by atoms with Crippen molar-refractivity contribution in [1.82, 2.24) is 10.6 Å². The zero-order valence-corrected chi connectivity index (χ0v) is 35.6. The van der Waals surface area contributed by atoms with E-state index in [1.807, 2.05) is 6.92 Å². The Morgan fingerprint density at radius 3 is 1.73 bits per heavy atom. The van der Waals surface area contributed by atoms with Gasteiger partial charge >= 0.3 is 11.9 Å². The van der Waals surface area contributed by atoms with Crippen LogP contribution in [0.4, 0.5) is 5.69 Å². The maximum Gasteiger partial charge on any atom is 0.340 e. The van der Waals surface area contributed by atoms with E-state index in [2.05, 4.69) is 16.0 Å². The van der Waals surface area contributed by atoms with Crippen LogP contribution in [0, 0.1) is 0 Å². The minimum Gasteiger partial charge on any atom is -0.508 e. The van der Waals surface area contributed by atoms with E-state index in [1.54, 1.807) is 54.6 Å². The monoisotopic (exact) mass is 889 g/mol. The van der Waals surface area contributed by atoms with Crippen LogP contribution in [0.1, 0.15) is 50.8 Å². The molecular formula is C45H51N3O14S. The second-order valence-corrected chi connectivity index (χ2v) is 14.4. The highest BCUT2D eigenvalue weighted by Crippen LogP contribution is 2.57. The van der Waals surface area contributed by atoms with E-state index in [0.29, 0.717) is 142 Å². The zero-order chi connectivity index (χ0) is 44.4. The minimum atomic E-state index is -1.34. The van der Waals surface area contributed by atoms with Crippen molar-refractivity contribution in [3.63, 3.8) is 0 Å². The van der Waals surface area contributed by atoms with Gasteiger partial charge in [-0.3, -0.25) is 9.59 Å². The average Bonchev–Trinajstić information content (AvgIpc) is 3.55. The van der Waals surface area contributed by atoms with Gasteiger partial charge in [0.2, 0.25) is 0 Å². The summed E-state index contributed by atoms with van der Waals surface area (Å²) in [5, 5.41) is 29.5. The van der Waals surface area contributed by atoms with Crippen molar-refractivity contribution in [2.24, 2.45) is 0 Å². The number of rotatable bonds is 25. The third kappa shape index (κ3) is 12.9.